The lowest BCUT2D eigenvalue weighted by Crippen LogP contribution is -2.36. The number of carbonyl (C=O) groups excluding carboxylic acids is 1. The number of fused-ring (bicyclic) bond motifs is 1. The Hall–Kier alpha value is -2.85. The number of tetrazole rings is 1. The van der Waals surface area contributed by atoms with Crippen LogP contribution in [0.2, 0.25) is 0 Å². The molecule has 3 heterocycles. The van der Waals surface area contributed by atoms with Gasteiger partial charge in [-0.25, -0.2) is 4.68 Å². The predicted molar refractivity (Wildman–Crippen MR) is 106 cm³/mol. The number of morpholine rings is 1. The summed E-state index contributed by atoms with van der Waals surface area (Å²) in [6.45, 7) is 5.75. The van der Waals surface area contributed by atoms with Gasteiger partial charge in [0.2, 0.25) is 5.91 Å². The van der Waals surface area contributed by atoms with Crippen molar-refractivity contribution in [2.45, 2.75) is 32.5 Å². The van der Waals surface area contributed by atoms with Crippen LogP contribution in [-0.2, 0) is 29.2 Å². The number of hydrogen-bond acceptors (Lipinski definition) is 7. The van der Waals surface area contributed by atoms with E-state index in [1.54, 1.807) is 4.68 Å². The maximum Gasteiger partial charge on any atom is 0.221 e. The lowest BCUT2D eigenvalue weighted by atomic mass is 10.2. The molecule has 0 unspecified atom stereocenters. The Labute approximate surface area is 168 Å². The van der Waals surface area contributed by atoms with Gasteiger partial charge in [-0.05, 0) is 22.9 Å². The Bertz CT molecular complexity index is 931. The molecule has 1 aliphatic rings. The molecule has 0 bridgehead atoms. The first kappa shape index (κ1) is 19.5. The molecule has 1 saturated heterocycles. The van der Waals surface area contributed by atoms with E-state index in [2.05, 4.69) is 36.9 Å². The zero-order valence-corrected chi connectivity index (χ0v) is 16.4. The van der Waals surface area contributed by atoms with Crippen molar-refractivity contribution in [2.75, 3.05) is 32.8 Å². The van der Waals surface area contributed by atoms with Crippen LogP contribution in [0.4, 0.5) is 0 Å². The van der Waals surface area contributed by atoms with Crippen molar-refractivity contribution < 1.29 is 9.53 Å². The molecule has 2 aromatic heterocycles. The van der Waals surface area contributed by atoms with Gasteiger partial charge in [0.1, 0.15) is 0 Å². The minimum absolute atomic E-state index is 0.00291. The third-order valence-electron chi connectivity index (χ3n) is 5.05. The van der Waals surface area contributed by atoms with E-state index in [9.17, 15) is 4.79 Å². The second-order valence-electron chi connectivity index (χ2n) is 7.09. The van der Waals surface area contributed by atoms with E-state index in [0.717, 1.165) is 56.0 Å². The summed E-state index contributed by atoms with van der Waals surface area (Å²) in [5.41, 5.74) is 1.12. The monoisotopic (exact) mass is 398 g/mol. The van der Waals surface area contributed by atoms with Crippen LogP contribution >= 0.6 is 0 Å². The molecule has 0 saturated carbocycles. The molecule has 154 valence electrons. The molecular formula is C19H26N8O2. The van der Waals surface area contributed by atoms with Gasteiger partial charge in [0.15, 0.2) is 5.82 Å². The van der Waals surface area contributed by atoms with Crippen molar-refractivity contribution >= 4 is 16.8 Å². The highest BCUT2D eigenvalue weighted by molar-refractivity contribution is 5.78. The number of nitrogens with zero attached hydrogens (tertiary/aromatic N) is 7. The summed E-state index contributed by atoms with van der Waals surface area (Å²) in [7, 11) is 0. The molecule has 1 aromatic carbocycles. The number of amides is 1. The summed E-state index contributed by atoms with van der Waals surface area (Å²) in [5.74, 6) is 0.786. The minimum Gasteiger partial charge on any atom is -0.379 e. The normalized spacial score (nSPS) is 15.0. The number of carbonyl (C=O) groups is 1. The van der Waals surface area contributed by atoms with Crippen LogP contribution in [0.15, 0.2) is 30.5 Å². The molecule has 0 radical (unpaired) electrons. The smallest absolute Gasteiger partial charge is 0.221 e. The maximum absolute atomic E-state index is 12.2. The molecule has 1 amide bonds. The van der Waals surface area contributed by atoms with Crippen LogP contribution in [0, 0.1) is 0 Å². The molecule has 1 fully saturated rings. The van der Waals surface area contributed by atoms with E-state index in [0.29, 0.717) is 26.1 Å². The molecule has 4 rings (SSSR count). The summed E-state index contributed by atoms with van der Waals surface area (Å²) < 4.78 is 9.05. The lowest BCUT2D eigenvalue weighted by molar-refractivity contribution is -0.121. The predicted octanol–water partition coefficient (Wildman–Crippen LogP) is 0.452. The molecule has 1 N–H and O–H groups in total. The van der Waals surface area contributed by atoms with Crippen molar-refractivity contribution in [3.63, 3.8) is 0 Å². The Morgan fingerprint density at radius 3 is 2.90 bits per heavy atom. The first-order chi connectivity index (χ1) is 14.3. The van der Waals surface area contributed by atoms with E-state index in [-0.39, 0.29) is 5.91 Å². The van der Waals surface area contributed by atoms with Crippen LogP contribution in [0.5, 0.6) is 0 Å². The van der Waals surface area contributed by atoms with E-state index in [4.69, 9.17) is 4.74 Å². The standard InChI is InChI=1S/C19H26N8O2/c28-19(20-7-3-8-26-17-5-2-1-4-16(17)14-21-26)6-9-27-18(22-23-24-27)15-25-10-12-29-13-11-25/h1-2,4-5,14H,3,6-13,15H2,(H,20,28). The van der Waals surface area contributed by atoms with Crippen molar-refractivity contribution in [3.8, 4) is 0 Å². The van der Waals surface area contributed by atoms with Gasteiger partial charge in [0.05, 0.1) is 38.0 Å². The Kier molecular flexibility index (Phi) is 6.42. The number of nitrogens with one attached hydrogen (secondary N) is 1. The Morgan fingerprint density at radius 1 is 1.14 bits per heavy atom. The highest BCUT2D eigenvalue weighted by atomic mass is 16.5. The number of benzene rings is 1. The van der Waals surface area contributed by atoms with Crippen molar-refractivity contribution in [1.82, 2.24) is 40.2 Å². The summed E-state index contributed by atoms with van der Waals surface area (Å²) in [6.07, 6.45) is 3.05. The largest absolute Gasteiger partial charge is 0.379 e. The number of ether oxygens (including phenoxy) is 1. The highest BCUT2D eigenvalue weighted by Gasteiger charge is 2.15. The lowest BCUT2D eigenvalue weighted by Gasteiger charge is -2.25. The highest BCUT2D eigenvalue weighted by Crippen LogP contribution is 2.12. The van der Waals surface area contributed by atoms with Crippen LogP contribution in [-0.4, -0.2) is 73.6 Å². The van der Waals surface area contributed by atoms with Crippen molar-refractivity contribution in [3.05, 3.63) is 36.3 Å². The summed E-state index contributed by atoms with van der Waals surface area (Å²) in [6, 6.07) is 8.12. The number of para-hydroxylation sites is 1. The van der Waals surface area contributed by atoms with E-state index >= 15 is 0 Å². The van der Waals surface area contributed by atoms with Crippen LogP contribution in [0.25, 0.3) is 10.9 Å². The fourth-order valence-corrected chi connectivity index (χ4v) is 3.43. The van der Waals surface area contributed by atoms with E-state index < -0.39 is 0 Å². The van der Waals surface area contributed by atoms with E-state index in [1.807, 2.05) is 29.1 Å². The molecule has 0 atom stereocenters. The zero-order chi connectivity index (χ0) is 19.9. The van der Waals surface area contributed by atoms with Crippen molar-refractivity contribution in [2.24, 2.45) is 0 Å². The fourth-order valence-electron chi connectivity index (χ4n) is 3.43. The maximum atomic E-state index is 12.2. The average molecular weight is 398 g/mol. The SMILES string of the molecule is O=C(CCn1nnnc1CN1CCOCC1)NCCCn1ncc2ccccc21. The Morgan fingerprint density at radius 2 is 2.00 bits per heavy atom. The van der Waals surface area contributed by atoms with Gasteiger partial charge in [-0.2, -0.15) is 5.10 Å². The Balaban J connectivity index is 1.17. The summed E-state index contributed by atoms with van der Waals surface area (Å²) in [4.78, 5) is 14.4. The van der Waals surface area contributed by atoms with Crippen LogP contribution in [0.3, 0.4) is 0 Å². The fraction of sp³-hybridized carbons (Fsp3) is 0.526. The van der Waals surface area contributed by atoms with Crippen LogP contribution < -0.4 is 5.32 Å². The van der Waals surface area contributed by atoms with Gasteiger partial charge in [-0.1, -0.05) is 18.2 Å². The average Bonchev–Trinajstić information content (AvgIpc) is 3.37. The van der Waals surface area contributed by atoms with Gasteiger partial charge in [0.25, 0.3) is 0 Å². The minimum atomic E-state index is 0.00291. The molecule has 10 nitrogen and oxygen atoms in total. The molecule has 0 spiro atoms. The molecule has 10 heteroatoms. The molecule has 0 aliphatic carbocycles. The number of rotatable bonds is 9. The van der Waals surface area contributed by atoms with Gasteiger partial charge in [0, 0.05) is 38.0 Å². The second-order valence-corrected chi connectivity index (χ2v) is 7.09. The molecule has 3 aromatic rings. The van der Waals surface area contributed by atoms with Crippen LogP contribution in [0.1, 0.15) is 18.7 Å². The van der Waals surface area contributed by atoms with Gasteiger partial charge >= 0.3 is 0 Å². The number of aromatic nitrogens is 6. The quantitative estimate of drug-likeness (QED) is 0.522. The van der Waals surface area contributed by atoms with Gasteiger partial charge in [-0.3, -0.25) is 14.4 Å². The first-order valence-electron chi connectivity index (χ1n) is 10.0. The third kappa shape index (κ3) is 5.15. The molecule has 29 heavy (non-hydrogen) atoms. The van der Waals surface area contributed by atoms with E-state index in [1.165, 1.54) is 0 Å². The molecule has 1 aliphatic heterocycles. The van der Waals surface area contributed by atoms with Gasteiger partial charge in [-0.15, -0.1) is 5.10 Å². The number of hydrogen-bond donors (Lipinski definition) is 1. The third-order valence-corrected chi connectivity index (χ3v) is 5.05. The number of aryl methyl sites for hydroxylation is 2. The molecular weight excluding hydrogens is 372 g/mol. The zero-order valence-electron chi connectivity index (χ0n) is 16.4. The summed E-state index contributed by atoms with van der Waals surface area (Å²) >= 11 is 0. The second kappa shape index (κ2) is 9.57. The summed E-state index contributed by atoms with van der Waals surface area (Å²) in [5, 5.41) is 20.4. The first-order valence-corrected chi connectivity index (χ1v) is 10.0. The topological polar surface area (TPSA) is 103 Å². The van der Waals surface area contributed by atoms with Gasteiger partial charge < -0.3 is 10.1 Å². The van der Waals surface area contributed by atoms with Crippen molar-refractivity contribution in [1.29, 1.82) is 0 Å².